The molecule has 3 aromatic rings. The Hall–Kier alpha value is -2.85. The summed E-state index contributed by atoms with van der Waals surface area (Å²) in [5.74, 6) is -0.0371. The predicted molar refractivity (Wildman–Crippen MR) is 117 cm³/mol. The van der Waals surface area contributed by atoms with Gasteiger partial charge in [-0.25, -0.2) is 4.98 Å². The number of hydrogen-bond acceptors (Lipinski definition) is 8. The lowest BCUT2D eigenvalue weighted by atomic mass is 10.1. The standard InChI is InChI=1S/C20H21N5O3S2/c1-3-5-18-21-13(11-29-18)12-6-7-15-14(8-12)25(19(27)10-28-15)9-16(26)22-20-24-23-17(4-2)30-20/h6-8,11H,3-5,9-10H2,1-2H3,(H,22,24,26). The Morgan fingerprint density at radius 3 is 2.90 bits per heavy atom. The van der Waals surface area contributed by atoms with Crippen LogP contribution in [-0.2, 0) is 22.4 Å². The summed E-state index contributed by atoms with van der Waals surface area (Å²) >= 11 is 2.95. The highest BCUT2D eigenvalue weighted by Gasteiger charge is 2.28. The molecule has 156 valence electrons. The normalized spacial score (nSPS) is 13.1. The second-order valence-corrected chi connectivity index (χ2v) is 8.73. The van der Waals surface area contributed by atoms with Crippen LogP contribution in [0.25, 0.3) is 11.3 Å². The average Bonchev–Trinajstić information content (AvgIpc) is 3.39. The van der Waals surface area contributed by atoms with Crippen LogP contribution in [0.1, 0.15) is 30.3 Å². The maximum Gasteiger partial charge on any atom is 0.265 e. The molecule has 1 aliphatic heterocycles. The summed E-state index contributed by atoms with van der Waals surface area (Å²) < 4.78 is 5.56. The zero-order valence-corrected chi connectivity index (χ0v) is 18.3. The first-order valence-corrected chi connectivity index (χ1v) is 11.4. The summed E-state index contributed by atoms with van der Waals surface area (Å²) in [5, 5.41) is 15.0. The van der Waals surface area contributed by atoms with Gasteiger partial charge in [-0.15, -0.1) is 21.5 Å². The van der Waals surface area contributed by atoms with Crippen molar-refractivity contribution in [3.05, 3.63) is 33.6 Å². The number of rotatable bonds is 7. The van der Waals surface area contributed by atoms with Gasteiger partial charge >= 0.3 is 0 Å². The van der Waals surface area contributed by atoms with E-state index < -0.39 is 0 Å². The molecule has 1 aliphatic rings. The molecule has 8 nitrogen and oxygen atoms in total. The zero-order valence-electron chi connectivity index (χ0n) is 16.7. The average molecular weight is 444 g/mol. The number of nitrogens with one attached hydrogen (secondary N) is 1. The maximum atomic E-state index is 12.5. The monoisotopic (exact) mass is 443 g/mol. The van der Waals surface area contributed by atoms with Gasteiger partial charge in [0.25, 0.3) is 5.91 Å². The predicted octanol–water partition coefficient (Wildman–Crippen LogP) is 3.54. The van der Waals surface area contributed by atoms with Crippen LogP contribution in [0.15, 0.2) is 23.6 Å². The highest BCUT2D eigenvalue weighted by atomic mass is 32.1. The molecule has 30 heavy (non-hydrogen) atoms. The Bertz CT molecular complexity index is 1080. The van der Waals surface area contributed by atoms with Gasteiger partial charge in [0.1, 0.15) is 17.3 Å². The first kappa shape index (κ1) is 20.4. The van der Waals surface area contributed by atoms with Crippen molar-refractivity contribution in [2.75, 3.05) is 23.4 Å². The van der Waals surface area contributed by atoms with Crippen LogP contribution in [0, 0.1) is 0 Å². The van der Waals surface area contributed by atoms with Crippen molar-refractivity contribution < 1.29 is 14.3 Å². The molecule has 0 unspecified atom stereocenters. The van der Waals surface area contributed by atoms with Crippen molar-refractivity contribution >= 4 is 45.3 Å². The maximum absolute atomic E-state index is 12.5. The van der Waals surface area contributed by atoms with E-state index in [9.17, 15) is 9.59 Å². The van der Waals surface area contributed by atoms with Crippen LogP contribution in [0.5, 0.6) is 5.75 Å². The molecular formula is C20H21N5O3S2. The number of amides is 2. The van der Waals surface area contributed by atoms with E-state index in [2.05, 4.69) is 27.4 Å². The van der Waals surface area contributed by atoms with Crippen LogP contribution in [0.3, 0.4) is 0 Å². The number of hydrogen-bond donors (Lipinski definition) is 1. The number of ether oxygens (including phenoxy) is 1. The second-order valence-electron chi connectivity index (χ2n) is 6.73. The molecule has 0 fully saturated rings. The lowest BCUT2D eigenvalue weighted by Gasteiger charge is -2.29. The minimum Gasteiger partial charge on any atom is -0.482 e. The minimum absolute atomic E-state index is 0.101. The molecule has 2 aromatic heterocycles. The molecule has 1 aromatic carbocycles. The van der Waals surface area contributed by atoms with Crippen LogP contribution in [0.2, 0.25) is 0 Å². The number of fused-ring (bicyclic) bond motifs is 1. The number of benzene rings is 1. The highest BCUT2D eigenvalue weighted by molar-refractivity contribution is 7.15. The van der Waals surface area contributed by atoms with Gasteiger partial charge in [0.05, 0.1) is 16.4 Å². The van der Waals surface area contributed by atoms with Crippen LogP contribution in [0.4, 0.5) is 10.8 Å². The summed E-state index contributed by atoms with van der Waals surface area (Å²) in [7, 11) is 0. The first-order chi connectivity index (χ1) is 14.6. The highest BCUT2D eigenvalue weighted by Crippen LogP contribution is 2.36. The van der Waals surface area contributed by atoms with Gasteiger partial charge in [-0.1, -0.05) is 25.2 Å². The largest absolute Gasteiger partial charge is 0.482 e. The summed E-state index contributed by atoms with van der Waals surface area (Å²) in [6, 6.07) is 5.59. The van der Waals surface area contributed by atoms with Gasteiger partial charge < -0.3 is 4.74 Å². The second kappa shape index (κ2) is 8.88. The number of aryl methyl sites for hydroxylation is 2. The number of anilines is 2. The molecular weight excluding hydrogens is 422 g/mol. The van der Waals surface area contributed by atoms with Gasteiger partial charge in [0, 0.05) is 10.9 Å². The van der Waals surface area contributed by atoms with Crippen molar-refractivity contribution in [1.82, 2.24) is 15.2 Å². The van der Waals surface area contributed by atoms with Crippen LogP contribution in [-0.4, -0.2) is 40.1 Å². The Morgan fingerprint density at radius 1 is 1.27 bits per heavy atom. The Morgan fingerprint density at radius 2 is 2.13 bits per heavy atom. The summed E-state index contributed by atoms with van der Waals surface area (Å²) in [5.41, 5.74) is 2.30. The Balaban J connectivity index is 1.55. The lowest BCUT2D eigenvalue weighted by Crippen LogP contribution is -2.43. The number of nitrogens with zero attached hydrogens (tertiary/aromatic N) is 4. The van der Waals surface area contributed by atoms with Crippen molar-refractivity contribution in [2.24, 2.45) is 0 Å². The molecule has 0 aliphatic carbocycles. The van der Waals surface area contributed by atoms with Gasteiger partial charge in [0.15, 0.2) is 6.61 Å². The molecule has 0 spiro atoms. The van der Waals surface area contributed by atoms with Gasteiger partial charge in [0.2, 0.25) is 11.0 Å². The van der Waals surface area contributed by atoms with E-state index in [0.717, 1.165) is 40.5 Å². The topological polar surface area (TPSA) is 97.3 Å². The smallest absolute Gasteiger partial charge is 0.265 e. The van der Waals surface area contributed by atoms with Crippen molar-refractivity contribution in [1.29, 1.82) is 0 Å². The number of thiazole rings is 1. The number of carbonyl (C=O) groups is 2. The van der Waals surface area contributed by atoms with Crippen molar-refractivity contribution in [2.45, 2.75) is 33.1 Å². The summed E-state index contributed by atoms with van der Waals surface area (Å²) in [6.45, 7) is 3.87. The van der Waals surface area contributed by atoms with Gasteiger partial charge in [-0.3, -0.25) is 19.8 Å². The van der Waals surface area contributed by atoms with E-state index in [4.69, 9.17) is 4.74 Å². The molecule has 0 radical (unpaired) electrons. The lowest BCUT2D eigenvalue weighted by molar-refractivity contribution is -0.123. The first-order valence-electron chi connectivity index (χ1n) is 9.71. The molecule has 1 N–H and O–H groups in total. The molecule has 3 heterocycles. The zero-order chi connectivity index (χ0) is 21.1. The van der Waals surface area contributed by atoms with E-state index >= 15 is 0 Å². The molecule has 0 saturated heterocycles. The van der Waals surface area contributed by atoms with E-state index in [1.54, 1.807) is 11.3 Å². The Kier molecular flexibility index (Phi) is 6.05. The summed E-state index contributed by atoms with van der Waals surface area (Å²) in [6.07, 6.45) is 2.73. The molecule has 0 atom stereocenters. The molecule has 0 saturated carbocycles. The number of aromatic nitrogens is 3. The quantitative estimate of drug-likeness (QED) is 0.600. The van der Waals surface area contributed by atoms with E-state index in [0.29, 0.717) is 16.6 Å². The Labute approximate surface area is 181 Å². The fourth-order valence-electron chi connectivity index (χ4n) is 3.06. The summed E-state index contributed by atoms with van der Waals surface area (Å²) in [4.78, 5) is 31.2. The molecule has 10 heteroatoms. The third-order valence-electron chi connectivity index (χ3n) is 4.53. The third kappa shape index (κ3) is 4.34. The number of carbonyl (C=O) groups excluding carboxylic acids is 2. The fraction of sp³-hybridized carbons (Fsp3) is 0.350. The fourth-order valence-corrected chi connectivity index (χ4v) is 4.66. The van der Waals surface area contributed by atoms with E-state index in [1.807, 2.05) is 30.5 Å². The van der Waals surface area contributed by atoms with Crippen LogP contribution < -0.4 is 15.0 Å². The van der Waals surface area contributed by atoms with Crippen LogP contribution >= 0.6 is 22.7 Å². The minimum atomic E-state index is -0.334. The van der Waals surface area contributed by atoms with Gasteiger partial charge in [-0.05, 0) is 37.5 Å². The molecule has 0 bridgehead atoms. The molecule has 2 amide bonds. The SMILES string of the molecule is CCCc1nc(-c2ccc3c(c2)N(CC(=O)Nc2nnc(CC)s2)C(=O)CO3)cs1. The van der Waals surface area contributed by atoms with E-state index in [-0.39, 0.29) is 25.0 Å². The van der Waals surface area contributed by atoms with Crippen molar-refractivity contribution in [3.63, 3.8) is 0 Å². The van der Waals surface area contributed by atoms with Gasteiger partial charge in [-0.2, -0.15) is 0 Å². The van der Waals surface area contributed by atoms with Crippen molar-refractivity contribution in [3.8, 4) is 17.0 Å². The van der Waals surface area contributed by atoms with E-state index in [1.165, 1.54) is 16.2 Å². The molecule has 4 rings (SSSR count). The third-order valence-corrected chi connectivity index (χ3v) is 6.42.